The van der Waals surface area contributed by atoms with Crippen LogP contribution in [0.15, 0.2) is 82.6 Å². The van der Waals surface area contributed by atoms with E-state index in [9.17, 15) is 14.0 Å². The highest BCUT2D eigenvalue weighted by molar-refractivity contribution is 9.10. The molecule has 0 spiro atoms. The van der Waals surface area contributed by atoms with E-state index in [1.54, 1.807) is 36.4 Å². The Morgan fingerprint density at radius 2 is 1.77 bits per heavy atom. The molecule has 0 fully saturated rings. The molecule has 0 aromatic heterocycles. The van der Waals surface area contributed by atoms with Crippen molar-refractivity contribution in [2.24, 2.45) is 0 Å². The maximum atomic E-state index is 14.8. The van der Waals surface area contributed by atoms with Crippen molar-refractivity contribution in [1.29, 1.82) is 0 Å². The van der Waals surface area contributed by atoms with Gasteiger partial charge in [0.15, 0.2) is 11.6 Å². The fourth-order valence-corrected chi connectivity index (χ4v) is 3.12. The van der Waals surface area contributed by atoms with E-state index in [4.69, 9.17) is 14.2 Å². The van der Waals surface area contributed by atoms with E-state index in [2.05, 4.69) is 15.9 Å². The number of esters is 2. The lowest BCUT2D eigenvalue weighted by Crippen LogP contribution is -2.27. The van der Waals surface area contributed by atoms with Gasteiger partial charge >= 0.3 is 11.9 Å². The third-order valence-electron chi connectivity index (χ3n) is 4.11. The van der Waals surface area contributed by atoms with Gasteiger partial charge in [-0.05, 0) is 42.5 Å². The fourth-order valence-electron chi connectivity index (χ4n) is 2.75. The van der Waals surface area contributed by atoms with Gasteiger partial charge in [0, 0.05) is 22.4 Å². The minimum Gasteiger partial charge on any atom is -0.465 e. The molecule has 0 aliphatic carbocycles. The summed E-state index contributed by atoms with van der Waals surface area (Å²) in [6.07, 6.45) is 6.11. The van der Waals surface area contributed by atoms with Crippen LogP contribution in [0.3, 0.4) is 0 Å². The molecular formula is C22H17BrFNO5. The van der Waals surface area contributed by atoms with Crippen LogP contribution < -0.4 is 9.64 Å². The van der Waals surface area contributed by atoms with Crippen molar-refractivity contribution >= 4 is 33.6 Å². The Balaban J connectivity index is 2.01. The van der Waals surface area contributed by atoms with Crippen molar-refractivity contribution < 1.29 is 28.2 Å². The first-order valence-corrected chi connectivity index (χ1v) is 9.52. The molecule has 0 saturated carbocycles. The lowest BCUT2D eigenvalue weighted by atomic mass is 10.1. The Hall–Kier alpha value is -3.39. The summed E-state index contributed by atoms with van der Waals surface area (Å²) in [6, 6.07) is 11.2. The highest BCUT2D eigenvalue weighted by Crippen LogP contribution is 2.32. The number of carbonyl (C=O) groups excluding carboxylic acids is 2. The van der Waals surface area contributed by atoms with Crippen molar-refractivity contribution in [3.05, 3.63) is 88.5 Å². The number of anilines is 1. The summed E-state index contributed by atoms with van der Waals surface area (Å²) >= 11 is 3.33. The number of hydrogen-bond donors (Lipinski definition) is 0. The number of methoxy groups -OCH3 is 2. The molecule has 154 valence electrons. The molecular weight excluding hydrogens is 457 g/mol. The summed E-state index contributed by atoms with van der Waals surface area (Å²) in [5.74, 6) is -1.69. The second-order valence-electron chi connectivity index (χ2n) is 5.99. The highest BCUT2D eigenvalue weighted by Gasteiger charge is 2.28. The fraction of sp³-hybridized carbons (Fsp3) is 0.0909. The van der Waals surface area contributed by atoms with Crippen molar-refractivity contribution in [1.82, 2.24) is 0 Å². The molecule has 3 rings (SSSR count). The maximum Gasteiger partial charge on any atom is 0.355 e. The van der Waals surface area contributed by atoms with Crippen LogP contribution in [0.1, 0.15) is 0 Å². The Labute approximate surface area is 181 Å². The Morgan fingerprint density at radius 3 is 2.43 bits per heavy atom. The molecule has 0 unspecified atom stereocenters. The molecule has 6 nitrogen and oxygen atoms in total. The number of carbonyl (C=O) groups is 2. The molecule has 1 aliphatic rings. The van der Waals surface area contributed by atoms with Crippen molar-refractivity contribution in [3.8, 4) is 11.5 Å². The third kappa shape index (κ3) is 4.60. The largest absolute Gasteiger partial charge is 0.465 e. The lowest BCUT2D eigenvalue weighted by molar-refractivity contribution is -0.139. The average molecular weight is 474 g/mol. The molecule has 0 atom stereocenters. The van der Waals surface area contributed by atoms with Gasteiger partial charge in [-0.2, -0.15) is 0 Å². The van der Waals surface area contributed by atoms with Gasteiger partial charge in [0.05, 0.1) is 19.8 Å². The molecule has 0 bridgehead atoms. The number of rotatable bonds is 5. The van der Waals surface area contributed by atoms with Crippen molar-refractivity contribution in [2.45, 2.75) is 0 Å². The molecule has 2 aromatic carbocycles. The third-order valence-corrected chi connectivity index (χ3v) is 4.60. The summed E-state index contributed by atoms with van der Waals surface area (Å²) in [4.78, 5) is 26.0. The molecule has 1 heterocycles. The summed E-state index contributed by atoms with van der Waals surface area (Å²) in [7, 11) is 2.39. The van der Waals surface area contributed by atoms with Gasteiger partial charge in [0.25, 0.3) is 0 Å². The van der Waals surface area contributed by atoms with Gasteiger partial charge in [-0.3, -0.25) is 0 Å². The molecule has 1 aliphatic heterocycles. The van der Waals surface area contributed by atoms with Gasteiger partial charge in [-0.1, -0.05) is 28.1 Å². The van der Waals surface area contributed by atoms with Crippen LogP contribution >= 0.6 is 15.9 Å². The van der Waals surface area contributed by atoms with Crippen LogP contribution in [0.4, 0.5) is 10.1 Å². The quantitative estimate of drug-likeness (QED) is 0.577. The van der Waals surface area contributed by atoms with Crippen LogP contribution in [0.25, 0.3) is 0 Å². The predicted molar refractivity (Wildman–Crippen MR) is 112 cm³/mol. The van der Waals surface area contributed by atoms with E-state index >= 15 is 0 Å². The van der Waals surface area contributed by atoms with Gasteiger partial charge in [0.2, 0.25) is 0 Å². The first kappa shape index (κ1) is 21.3. The molecule has 0 saturated heterocycles. The molecule has 8 heteroatoms. The van der Waals surface area contributed by atoms with Crippen molar-refractivity contribution in [2.75, 3.05) is 19.1 Å². The maximum absolute atomic E-state index is 14.8. The summed E-state index contributed by atoms with van der Waals surface area (Å²) in [6.45, 7) is 0. The van der Waals surface area contributed by atoms with E-state index in [1.165, 1.54) is 43.5 Å². The smallest absolute Gasteiger partial charge is 0.355 e. The number of hydrogen-bond acceptors (Lipinski definition) is 6. The monoisotopic (exact) mass is 473 g/mol. The number of ether oxygens (including phenoxy) is 3. The second kappa shape index (κ2) is 9.41. The minimum atomic E-state index is -0.776. The van der Waals surface area contributed by atoms with E-state index in [1.807, 2.05) is 6.07 Å². The van der Waals surface area contributed by atoms with Crippen LogP contribution in [-0.4, -0.2) is 26.2 Å². The lowest BCUT2D eigenvalue weighted by Gasteiger charge is -2.23. The molecule has 2 aromatic rings. The Morgan fingerprint density at radius 1 is 1.00 bits per heavy atom. The summed E-state index contributed by atoms with van der Waals surface area (Å²) < 4.78 is 30.8. The first-order chi connectivity index (χ1) is 14.4. The van der Waals surface area contributed by atoms with Crippen LogP contribution in [0.5, 0.6) is 11.5 Å². The van der Waals surface area contributed by atoms with E-state index in [0.717, 1.165) is 4.47 Å². The average Bonchev–Trinajstić information content (AvgIpc) is 2.97. The topological polar surface area (TPSA) is 65.1 Å². The zero-order valence-corrected chi connectivity index (χ0v) is 17.7. The molecule has 30 heavy (non-hydrogen) atoms. The van der Waals surface area contributed by atoms with E-state index in [0.29, 0.717) is 5.75 Å². The highest BCUT2D eigenvalue weighted by atomic mass is 79.9. The van der Waals surface area contributed by atoms with E-state index < -0.39 is 17.8 Å². The SMILES string of the molecule is COC(=O)C1=C(C(=O)OC)N(c2ccc(Oc3cccc(Br)c3)c(F)c2)C=CC=C1. The first-order valence-electron chi connectivity index (χ1n) is 8.72. The minimum absolute atomic E-state index is 0.00515. The van der Waals surface area contributed by atoms with Crippen LogP contribution in [-0.2, 0) is 19.1 Å². The molecule has 0 N–H and O–H groups in total. The van der Waals surface area contributed by atoms with Crippen LogP contribution in [0, 0.1) is 5.82 Å². The molecule has 0 radical (unpaired) electrons. The number of allylic oxidation sites excluding steroid dienone is 2. The number of benzene rings is 2. The van der Waals surface area contributed by atoms with Gasteiger partial charge in [0.1, 0.15) is 11.4 Å². The summed E-state index contributed by atoms with van der Waals surface area (Å²) in [5.41, 5.74) is 0.162. The van der Waals surface area contributed by atoms with Gasteiger partial charge in [-0.25, -0.2) is 14.0 Å². The zero-order chi connectivity index (χ0) is 21.7. The summed E-state index contributed by atoms with van der Waals surface area (Å²) in [5, 5.41) is 0. The zero-order valence-electron chi connectivity index (χ0n) is 16.1. The molecule has 0 amide bonds. The standard InChI is InChI=1S/C22H17BrFNO5/c1-28-21(26)17-8-3-4-11-25(20(17)22(27)29-2)15-9-10-19(18(24)13-15)30-16-7-5-6-14(23)12-16/h3-13H,1-2H3. The van der Waals surface area contributed by atoms with Crippen molar-refractivity contribution in [3.63, 3.8) is 0 Å². The van der Waals surface area contributed by atoms with E-state index in [-0.39, 0.29) is 22.7 Å². The Kier molecular flexibility index (Phi) is 6.68. The second-order valence-corrected chi connectivity index (χ2v) is 6.91. The number of nitrogens with zero attached hydrogens (tertiary/aromatic N) is 1. The Bertz CT molecular complexity index is 1080. The van der Waals surface area contributed by atoms with Crippen LogP contribution in [0.2, 0.25) is 0 Å². The predicted octanol–water partition coefficient (Wildman–Crippen LogP) is 4.87. The van der Waals surface area contributed by atoms with Gasteiger partial charge < -0.3 is 19.1 Å². The normalized spacial score (nSPS) is 13.1. The number of halogens is 2. The van der Waals surface area contributed by atoms with Gasteiger partial charge in [-0.15, -0.1) is 0 Å².